The number of amides is 2. The van der Waals surface area contributed by atoms with Crippen molar-refractivity contribution in [1.29, 1.82) is 0 Å². The molecule has 24 heavy (non-hydrogen) atoms. The second-order valence-corrected chi connectivity index (χ2v) is 6.47. The molecular formula is C18H22N2O4. The third-order valence-corrected chi connectivity index (χ3v) is 4.87. The van der Waals surface area contributed by atoms with E-state index in [2.05, 4.69) is 0 Å². The predicted octanol–water partition coefficient (Wildman–Crippen LogP) is 1.67. The Labute approximate surface area is 141 Å². The third kappa shape index (κ3) is 3.27. The summed E-state index contributed by atoms with van der Waals surface area (Å²) in [6.07, 6.45) is 2.68. The summed E-state index contributed by atoms with van der Waals surface area (Å²) in [5, 5.41) is 9.16. The van der Waals surface area contributed by atoms with E-state index < -0.39 is 17.9 Å². The fourth-order valence-electron chi connectivity index (χ4n) is 3.53. The lowest BCUT2D eigenvalue weighted by Gasteiger charge is -2.36. The number of carboxylic acids is 1. The summed E-state index contributed by atoms with van der Waals surface area (Å²) in [4.78, 5) is 39.9. The number of carbonyl (C=O) groups excluding carboxylic acids is 2. The topological polar surface area (TPSA) is 77.9 Å². The summed E-state index contributed by atoms with van der Waals surface area (Å²) in [6.45, 7) is 1.22. The minimum Gasteiger partial charge on any atom is -0.481 e. The molecule has 0 unspecified atom stereocenters. The summed E-state index contributed by atoms with van der Waals surface area (Å²) in [7, 11) is 0. The molecule has 2 heterocycles. The van der Waals surface area contributed by atoms with Gasteiger partial charge in [-0.1, -0.05) is 30.3 Å². The van der Waals surface area contributed by atoms with Crippen LogP contribution in [0.1, 0.15) is 37.3 Å². The standard InChI is InChI=1S/C18H22N2O4/c21-15-8-4-5-10-20(15)16(13-6-2-1-3-7-13)17(22)19-11-9-14(12-19)18(23)24/h1-3,6-7,14,16H,4-5,8-12H2,(H,23,24)/t14-,16-/m1/s1. The van der Waals surface area contributed by atoms with E-state index in [0.29, 0.717) is 25.9 Å². The van der Waals surface area contributed by atoms with Crippen molar-refractivity contribution in [2.45, 2.75) is 31.7 Å². The van der Waals surface area contributed by atoms with Gasteiger partial charge in [0.25, 0.3) is 0 Å². The molecule has 2 aliphatic rings. The van der Waals surface area contributed by atoms with Crippen molar-refractivity contribution in [3.63, 3.8) is 0 Å². The molecule has 1 N–H and O–H groups in total. The Kier molecular flexibility index (Phi) is 4.83. The van der Waals surface area contributed by atoms with Crippen molar-refractivity contribution in [2.75, 3.05) is 19.6 Å². The van der Waals surface area contributed by atoms with E-state index in [0.717, 1.165) is 18.4 Å². The fraction of sp³-hybridized carbons (Fsp3) is 0.500. The number of hydrogen-bond donors (Lipinski definition) is 1. The number of rotatable bonds is 4. The molecule has 2 amide bonds. The van der Waals surface area contributed by atoms with Gasteiger partial charge in [-0.15, -0.1) is 0 Å². The first kappa shape index (κ1) is 16.5. The van der Waals surface area contributed by atoms with Crippen LogP contribution < -0.4 is 0 Å². The van der Waals surface area contributed by atoms with Crippen molar-refractivity contribution >= 4 is 17.8 Å². The SMILES string of the molecule is O=C(O)[C@@H]1CCN(C(=O)[C@@H](c2ccccc2)N2CCCCC2=O)C1. The minimum atomic E-state index is -0.865. The largest absolute Gasteiger partial charge is 0.481 e. The quantitative estimate of drug-likeness (QED) is 0.911. The Morgan fingerprint density at radius 3 is 2.50 bits per heavy atom. The predicted molar refractivity (Wildman–Crippen MR) is 87.1 cm³/mol. The van der Waals surface area contributed by atoms with Gasteiger partial charge in [-0.05, 0) is 24.8 Å². The highest BCUT2D eigenvalue weighted by Gasteiger charge is 2.39. The van der Waals surface area contributed by atoms with Crippen LogP contribution in [0.3, 0.4) is 0 Å². The van der Waals surface area contributed by atoms with Crippen molar-refractivity contribution in [3.05, 3.63) is 35.9 Å². The molecule has 2 saturated heterocycles. The number of carbonyl (C=O) groups is 3. The molecule has 6 heteroatoms. The number of benzene rings is 1. The Morgan fingerprint density at radius 2 is 1.88 bits per heavy atom. The molecule has 0 aromatic heterocycles. The van der Waals surface area contributed by atoms with Crippen LogP contribution in [0.5, 0.6) is 0 Å². The molecule has 0 saturated carbocycles. The van der Waals surface area contributed by atoms with E-state index in [4.69, 9.17) is 5.11 Å². The van der Waals surface area contributed by atoms with Crippen LogP contribution in [0.2, 0.25) is 0 Å². The van der Waals surface area contributed by atoms with Crippen LogP contribution in [0.25, 0.3) is 0 Å². The smallest absolute Gasteiger partial charge is 0.308 e. The highest BCUT2D eigenvalue weighted by molar-refractivity contribution is 5.89. The molecule has 6 nitrogen and oxygen atoms in total. The van der Waals surface area contributed by atoms with Gasteiger partial charge in [-0.25, -0.2) is 0 Å². The Hall–Kier alpha value is -2.37. The average Bonchev–Trinajstić information content (AvgIpc) is 3.08. The van der Waals surface area contributed by atoms with Crippen LogP contribution in [0, 0.1) is 5.92 Å². The lowest BCUT2D eigenvalue weighted by Crippen LogP contribution is -2.46. The van der Waals surface area contributed by atoms with E-state index in [-0.39, 0.29) is 18.4 Å². The lowest BCUT2D eigenvalue weighted by atomic mass is 10.00. The molecule has 0 radical (unpaired) electrons. The molecule has 2 aliphatic heterocycles. The zero-order chi connectivity index (χ0) is 17.1. The molecule has 2 fully saturated rings. The van der Waals surface area contributed by atoms with Gasteiger partial charge in [0.05, 0.1) is 5.92 Å². The molecule has 1 aromatic rings. The number of aliphatic carboxylic acids is 1. The maximum Gasteiger partial charge on any atom is 0.308 e. The number of likely N-dealkylation sites (tertiary alicyclic amines) is 2. The fourth-order valence-corrected chi connectivity index (χ4v) is 3.53. The van der Waals surface area contributed by atoms with E-state index in [1.54, 1.807) is 9.80 Å². The van der Waals surface area contributed by atoms with Gasteiger partial charge in [0.1, 0.15) is 6.04 Å². The summed E-state index contributed by atoms with van der Waals surface area (Å²) in [5.74, 6) is -1.55. The first-order chi connectivity index (χ1) is 11.6. The van der Waals surface area contributed by atoms with Crippen LogP contribution in [0.4, 0.5) is 0 Å². The van der Waals surface area contributed by atoms with Crippen LogP contribution in [0.15, 0.2) is 30.3 Å². The molecule has 1 aromatic carbocycles. The molecule has 0 spiro atoms. The van der Waals surface area contributed by atoms with Crippen LogP contribution in [-0.2, 0) is 14.4 Å². The molecular weight excluding hydrogens is 308 g/mol. The number of carboxylic acid groups (broad SMARTS) is 1. The third-order valence-electron chi connectivity index (χ3n) is 4.87. The summed E-state index contributed by atoms with van der Waals surface area (Å²) in [5.41, 5.74) is 0.788. The average molecular weight is 330 g/mol. The van der Waals surface area contributed by atoms with Gasteiger partial charge >= 0.3 is 5.97 Å². The van der Waals surface area contributed by atoms with Gasteiger partial charge in [0.15, 0.2) is 0 Å². The van der Waals surface area contributed by atoms with Crippen LogP contribution in [-0.4, -0.2) is 52.3 Å². The minimum absolute atomic E-state index is 0.00238. The molecule has 2 atom stereocenters. The molecule has 3 rings (SSSR count). The van der Waals surface area contributed by atoms with E-state index in [1.165, 1.54) is 0 Å². The molecule has 128 valence electrons. The van der Waals surface area contributed by atoms with Gasteiger partial charge in [-0.2, -0.15) is 0 Å². The monoisotopic (exact) mass is 330 g/mol. The molecule has 0 bridgehead atoms. The van der Waals surface area contributed by atoms with Crippen LogP contribution >= 0.6 is 0 Å². The second kappa shape index (κ2) is 7.03. The summed E-state index contributed by atoms with van der Waals surface area (Å²) in [6, 6.07) is 8.65. The zero-order valence-corrected chi connectivity index (χ0v) is 13.6. The normalized spacial score (nSPS) is 22.5. The molecule has 0 aliphatic carbocycles. The van der Waals surface area contributed by atoms with Gasteiger partial charge in [0.2, 0.25) is 11.8 Å². The first-order valence-corrected chi connectivity index (χ1v) is 8.44. The highest BCUT2D eigenvalue weighted by Crippen LogP contribution is 2.29. The number of nitrogens with zero attached hydrogens (tertiary/aromatic N) is 2. The van der Waals surface area contributed by atoms with Gasteiger partial charge < -0.3 is 14.9 Å². The Bertz CT molecular complexity index is 631. The van der Waals surface area contributed by atoms with Crippen molar-refractivity contribution in [3.8, 4) is 0 Å². The second-order valence-electron chi connectivity index (χ2n) is 6.47. The van der Waals surface area contributed by atoms with E-state index in [9.17, 15) is 14.4 Å². The maximum absolute atomic E-state index is 13.1. The lowest BCUT2D eigenvalue weighted by molar-refractivity contribution is -0.148. The number of piperidine rings is 1. The Balaban J connectivity index is 1.86. The van der Waals surface area contributed by atoms with Gasteiger partial charge in [-0.3, -0.25) is 14.4 Å². The van der Waals surface area contributed by atoms with Gasteiger partial charge in [0, 0.05) is 26.1 Å². The maximum atomic E-state index is 13.1. The highest BCUT2D eigenvalue weighted by atomic mass is 16.4. The van der Waals surface area contributed by atoms with E-state index in [1.807, 2.05) is 30.3 Å². The first-order valence-electron chi connectivity index (χ1n) is 8.44. The number of hydrogen-bond acceptors (Lipinski definition) is 3. The summed E-state index contributed by atoms with van der Waals surface area (Å²) >= 11 is 0. The van der Waals surface area contributed by atoms with E-state index >= 15 is 0 Å². The Morgan fingerprint density at radius 1 is 1.12 bits per heavy atom. The van der Waals surface area contributed by atoms with Crippen molar-refractivity contribution in [2.24, 2.45) is 5.92 Å². The summed E-state index contributed by atoms with van der Waals surface area (Å²) < 4.78 is 0. The van der Waals surface area contributed by atoms with Crippen molar-refractivity contribution in [1.82, 2.24) is 9.80 Å². The van der Waals surface area contributed by atoms with Crippen molar-refractivity contribution < 1.29 is 19.5 Å². The zero-order valence-electron chi connectivity index (χ0n) is 13.6.